The molecular formula is C12H9N3OS. The van der Waals surface area contributed by atoms with Crippen molar-refractivity contribution in [3.63, 3.8) is 0 Å². The minimum absolute atomic E-state index is 0.0151. The van der Waals surface area contributed by atoms with Crippen molar-refractivity contribution in [3.05, 3.63) is 46.2 Å². The molecule has 0 radical (unpaired) electrons. The molecule has 0 fully saturated rings. The number of aromatic amines is 1. The van der Waals surface area contributed by atoms with Crippen molar-refractivity contribution in [2.24, 2.45) is 0 Å². The molecule has 0 saturated carbocycles. The van der Waals surface area contributed by atoms with Crippen molar-refractivity contribution in [2.75, 3.05) is 5.73 Å². The van der Waals surface area contributed by atoms with Crippen LogP contribution in [0.5, 0.6) is 0 Å². The molecule has 1 aromatic carbocycles. The van der Waals surface area contributed by atoms with Gasteiger partial charge in [0.25, 0.3) is 0 Å². The van der Waals surface area contributed by atoms with E-state index in [9.17, 15) is 4.79 Å². The molecule has 4 nitrogen and oxygen atoms in total. The average Bonchev–Trinajstić information content (AvgIpc) is 2.94. The van der Waals surface area contributed by atoms with Crippen molar-refractivity contribution < 1.29 is 4.79 Å². The smallest absolute Gasteiger partial charge is 0.198 e. The molecule has 17 heavy (non-hydrogen) atoms. The average molecular weight is 243 g/mol. The Bertz CT molecular complexity index is 685. The predicted octanol–water partition coefficient (Wildman–Crippen LogP) is 2.44. The first-order chi connectivity index (χ1) is 8.24. The number of ketones is 1. The second-order valence-corrected chi connectivity index (χ2v) is 4.48. The van der Waals surface area contributed by atoms with Crippen LogP contribution in [0.25, 0.3) is 11.0 Å². The lowest BCUT2D eigenvalue weighted by Crippen LogP contribution is -1.98. The molecule has 0 aliphatic heterocycles. The van der Waals surface area contributed by atoms with Gasteiger partial charge in [-0.2, -0.15) is 11.3 Å². The molecule has 3 rings (SSSR count). The van der Waals surface area contributed by atoms with Gasteiger partial charge in [-0.05, 0) is 29.6 Å². The molecule has 0 unspecified atom stereocenters. The summed E-state index contributed by atoms with van der Waals surface area (Å²) in [5.74, 6) is 0.376. The van der Waals surface area contributed by atoms with Gasteiger partial charge in [0.1, 0.15) is 0 Å². The largest absolute Gasteiger partial charge is 0.369 e. The molecule has 2 heterocycles. The van der Waals surface area contributed by atoms with Crippen LogP contribution in [-0.4, -0.2) is 15.8 Å². The fourth-order valence-electron chi connectivity index (χ4n) is 1.73. The lowest BCUT2D eigenvalue weighted by molar-refractivity contribution is 0.103. The van der Waals surface area contributed by atoms with Crippen LogP contribution in [0.3, 0.4) is 0 Å². The van der Waals surface area contributed by atoms with Crippen LogP contribution in [0.4, 0.5) is 5.95 Å². The predicted molar refractivity (Wildman–Crippen MR) is 68.3 cm³/mol. The third-order valence-electron chi connectivity index (χ3n) is 2.55. The Kier molecular flexibility index (Phi) is 2.19. The van der Waals surface area contributed by atoms with Gasteiger partial charge in [0.2, 0.25) is 0 Å². The van der Waals surface area contributed by atoms with E-state index in [0.717, 1.165) is 11.0 Å². The Morgan fingerprint density at radius 2 is 2.18 bits per heavy atom. The normalized spacial score (nSPS) is 10.8. The maximum absolute atomic E-state index is 12.1. The minimum Gasteiger partial charge on any atom is -0.369 e. The number of H-pyrrole nitrogens is 1. The number of imidazole rings is 1. The van der Waals surface area contributed by atoms with Gasteiger partial charge in [-0.15, -0.1) is 0 Å². The van der Waals surface area contributed by atoms with Gasteiger partial charge in [0.15, 0.2) is 11.7 Å². The molecule has 5 heteroatoms. The Morgan fingerprint density at radius 1 is 1.29 bits per heavy atom. The monoisotopic (exact) mass is 243 g/mol. The topological polar surface area (TPSA) is 71.8 Å². The highest BCUT2D eigenvalue weighted by Crippen LogP contribution is 2.18. The summed E-state index contributed by atoms with van der Waals surface area (Å²) < 4.78 is 0. The van der Waals surface area contributed by atoms with Gasteiger partial charge < -0.3 is 10.7 Å². The van der Waals surface area contributed by atoms with Crippen LogP contribution in [0.15, 0.2) is 35.0 Å². The number of nitrogens with two attached hydrogens (primary N) is 1. The molecule has 0 atom stereocenters. The van der Waals surface area contributed by atoms with E-state index in [1.54, 1.807) is 18.2 Å². The van der Waals surface area contributed by atoms with Crippen molar-refractivity contribution in [1.29, 1.82) is 0 Å². The number of hydrogen-bond donors (Lipinski definition) is 2. The van der Waals surface area contributed by atoms with E-state index in [1.807, 2.05) is 16.8 Å². The number of nitrogens with one attached hydrogen (secondary N) is 1. The first-order valence-electron chi connectivity index (χ1n) is 5.06. The van der Waals surface area contributed by atoms with Crippen LogP contribution in [0.1, 0.15) is 15.9 Å². The summed E-state index contributed by atoms with van der Waals surface area (Å²) in [5.41, 5.74) is 8.46. The van der Waals surface area contributed by atoms with E-state index in [-0.39, 0.29) is 5.78 Å². The quantitative estimate of drug-likeness (QED) is 0.679. The number of nitrogen functional groups attached to an aromatic ring is 1. The third-order valence-corrected chi connectivity index (χ3v) is 3.23. The third kappa shape index (κ3) is 1.70. The molecule has 84 valence electrons. The number of rotatable bonds is 2. The Hall–Kier alpha value is -2.14. The van der Waals surface area contributed by atoms with Crippen molar-refractivity contribution in [3.8, 4) is 0 Å². The number of thiophene rings is 1. The number of hydrogen-bond acceptors (Lipinski definition) is 4. The fraction of sp³-hybridized carbons (Fsp3) is 0. The second kappa shape index (κ2) is 3.71. The summed E-state index contributed by atoms with van der Waals surface area (Å²) in [5, 5.41) is 3.73. The summed E-state index contributed by atoms with van der Waals surface area (Å²) in [6.07, 6.45) is 0. The van der Waals surface area contributed by atoms with E-state index < -0.39 is 0 Å². The number of nitrogens with zero attached hydrogens (tertiary/aromatic N) is 1. The number of benzene rings is 1. The SMILES string of the molecule is Nc1nc2ccc(C(=O)c3ccsc3)cc2[nH]1. The van der Waals surface area contributed by atoms with Crippen LogP contribution in [0.2, 0.25) is 0 Å². The zero-order chi connectivity index (χ0) is 11.8. The molecule has 0 aliphatic rings. The number of carbonyl (C=O) groups is 1. The molecular weight excluding hydrogens is 234 g/mol. The second-order valence-electron chi connectivity index (χ2n) is 3.70. The molecule has 0 saturated heterocycles. The standard InChI is InChI=1S/C12H9N3OS/c13-12-14-9-2-1-7(5-10(9)15-12)11(16)8-3-4-17-6-8/h1-6H,(H3,13,14,15). The Morgan fingerprint density at radius 3 is 2.94 bits per heavy atom. The highest BCUT2D eigenvalue weighted by molar-refractivity contribution is 7.08. The van der Waals surface area contributed by atoms with Crippen LogP contribution < -0.4 is 5.73 Å². The van der Waals surface area contributed by atoms with E-state index in [2.05, 4.69) is 9.97 Å². The summed E-state index contributed by atoms with van der Waals surface area (Å²) in [7, 11) is 0. The highest BCUT2D eigenvalue weighted by Gasteiger charge is 2.10. The van der Waals surface area contributed by atoms with E-state index >= 15 is 0 Å². The van der Waals surface area contributed by atoms with Gasteiger partial charge in [-0.1, -0.05) is 0 Å². The molecule has 0 amide bonds. The molecule has 3 aromatic rings. The number of aromatic nitrogens is 2. The molecule has 2 aromatic heterocycles. The highest BCUT2D eigenvalue weighted by atomic mass is 32.1. The maximum atomic E-state index is 12.1. The first kappa shape index (κ1) is 10.0. The summed E-state index contributed by atoms with van der Waals surface area (Å²) in [6.45, 7) is 0. The fourth-order valence-corrected chi connectivity index (χ4v) is 2.37. The van der Waals surface area contributed by atoms with E-state index in [0.29, 0.717) is 17.1 Å². The van der Waals surface area contributed by atoms with Crippen LogP contribution >= 0.6 is 11.3 Å². The van der Waals surface area contributed by atoms with Gasteiger partial charge in [-0.25, -0.2) is 4.98 Å². The van der Waals surface area contributed by atoms with Crippen molar-refractivity contribution in [2.45, 2.75) is 0 Å². The number of anilines is 1. The lowest BCUT2D eigenvalue weighted by Gasteiger charge is -1.97. The van der Waals surface area contributed by atoms with E-state index in [4.69, 9.17) is 5.73 Å². The molecule has 3 N–H and O–H groups in total. The maximum Gasteiger partial charge on any atom is 0.198 e. The van der Waals surface area contributed by atoms with Crippen LogP contribution in [-0.2, 0) is 0 Å². The van der Waals surface area contributed by atoms with Crippen molar-refractivity contribution in [1.82, 2.24) is 9.97 Å². The minimum atomic E-state index is 0.0151. The first-order valence-corrected chi connectivity index (χ1v) is 6.00. The summed E-state index contributed by atoms with van der Waals surface area (Å²) in [6, 6.07) is 7.15. The number of fused-ring (bicyclic) bond motifs is 1. The number of carbonyl (C=O) groups excluding carboxylic acids is 1. The molecule has 0 aliphatic carbocycles. The van der Waals surface area contributed by atoms with Gasteiger partial charge >= 0.3 is 0 Å². The van der Waals surface area contributed by atoms with Gasteiger partial charge in [0, 0.05) is 16.5 Å². The lowest BCUT2D eigenvalue weighted by atomic mass is 10.1. The molecule has 0 bridgehead atoms. The summed E-state index contributed by atoms with van der Waals surface area (Å²) >= 11 is 1.51. The Labute approximate surface area is 101 Å². The summed E-state index contributed by atoms with van der Waals surface area (Å²) in [4.78, 5) is 19.1. The van der Waals surface area contributed by atoms with Crippen LogP contribution in [0, 0.1) is 0 Å². The van der Waals surface area contributed by atoms with Gasteiger partial charge in [0.05, 0.1) is 11.0 Å². The van der Waals surface area contributed by atoms with E-state index in [1.165, 1.54) is 11.3 Å². The van der Waals surface area contributed by atoms with Gasteiger partial charge in [-0.3, -0.25) is 4.79 Å². The Balaban J connectivity index is 2.09. The zero-order valence-corrected chi connectivity index (χ0v) is 9.62. The van der Waals surface area contributed by atoms with Crippen molar-refractivity contribution >= 4 is 34.1 Å². The zero-order valence-electron chi connectivity index (χ0n) is 8.81. The molecule has 0 spiro atoms.